The van der Waals surface area contributed by atoms with E-state index in [1.807, 2.05) is 34.1 Å². The Hall–Kier alpha value is -1.60. The van der Waals surface area contributed by atoms with Gasteiger partial charge in [0, 0.05) is 18.3 Å². The van der Waals surface area contributed by atoms with Crippen molar-refractivity contribution in [1.82, 2.24) is 4.90 Å². The zero-order valence-corrected chi connectivity index (χ0v) is 13.9. The molecule has 5 nitrogen and oxygen atoms in total. The SMILES string of the molecule is C=CCN1C(=S)N(c2cccc(OC)c2)[C@H]2CS(=O)(=O)C[C@@H]21. The van der Waals surface area contributed by atoms with Crippen molar-refractivity contribution in [3.05, 3.63) is 36.9 Å². The first-order chi connectivity index (χ1) is 10.5. The zero-order chi connectivity index (χ0) is 15.9. The minimum atomic E-state index is -3.05. The van der Waals surface area contributed by atoms with Crippen LogP contribution in [0.5, 0.6) is 5.75 Å². The normalized spacial score (nSPS) is 26.1. The van der Waals surface area contributed by atoms with Crippen molar-refractivity contribution in [3.8, 4) is 5.75 Å². The van der Waals surface area contributed by atoms with Crippen LogP contribution in [0.2, 0.25) is 0 Å². The van der Waals surface area contributed by atoms with Crippen molar-refractivity contribution in [1.29, 1.82) is 0 Å². The fourth-order valence-electron chi connectivity index (χ4n) is 3.19. The average molecular weight is 338 g/mol. The van der Waals surface area contributed by atoms with Crippen molar-refractivity contribution in [3.63, 3.8) is 0 Å². The number of fused-ring (bicyclic) bond motifs is 1. The molecular formula is C15H18N2O3S2. The third-order valence-corrected chi connectivity index (χ3v) is 6.26. The first-order valence-corrected chi connectivity index (χ1v) is 9.25. The molecule has 3 rings (SSSR count). The van der Waals surface area contributed by atoms with Crippen molar-refractivity contribution in [2.24, 2.45) is 0 Å². The Morgan fingerprint density at radius 1 is 1.41 bits per heavy atom. The summed E-state index contributed by atoms with van der Waals surface area (Å²) in [6.07, 6.45) is 1.75. The Labute approximate surface area is 136 Å². The number of sulfone groups is 1. The number of anilines is 1. The molecule has 1 aromatic rings. The van der Waals surface area contributed by atoms with E-state index in [-0.39, 0.29) is 23.6 Å². The summed E-state index contributed by atoms with van der Waals surface area (Å²) in [4.78, 5) is 3.90. The molecule has 22 heavy (non-hydrogen) atoms. The fourth-order valence-corrected chi connectivity index (χ4v) is 5.59. The molecule has 0 amide bonds. The maximum atomic E-state index is 12.1. The van der Waals surface area contributed by atoms with Crippen LogP contribution in [0.1, 0.15) is 0 Å². The van der Waals surface area contributed by atoms with E-state index in [0.29, 0.717) is 11.7 Å². The Balaban J connectivity index is 2.02. The van der Waals surface area contributed by atoms with E-state index in [4.69, 9.17) is 17.0 Å². The first kappa shape index (κ1) is 15.3. The molecule has 0 aromatic heterocycles. The molecule has 0 saturated carbocycles. The monoisotopic (exact) mass is 338 g/mol. The smallest absolute Gasteiger partial charge is 0.177 e. The molecule has 7 heteroatoms. The number of nitrogens with zero attached hydrogens (tertiary/aromatic N) is 2. The molecule has 2 fully saturated rings. The maximum Gasteiger partial charge on any atom is 0.177 e. The lowest BCUT2D eigenvalue weighted by Gasteiger charge is -2.25. The van der Waals surface area contributed by atoms with Gasteiger partial charge in [-0.05, 0) is 24.4 Å². The van der Waals surface area contributed by atoms with Crippen molar-refractivity contribution < 1.29 is 13.2 Å². The van der Waals surface area contributed by atoms with Gasteiger partial charge in [0.25, 0.3) is 0 Å². The van der Waals surface area contributed by atoms with Crippen LogP contribution < -0.4 is 9.64 Å². The summed E-state index contributed by atoms with van der Waals surface area (Å²) in [6, 6.07) is 7.28. The minimum absolute atomic E-state index is 0.110. The van der Waals surface area contributed by atoms with E-state index in [1.165, 1.54) is 0 Å². The van der Waals surface area contributed by atoms with Gasteiger partial charge >= 0.3 is 0 Å². The largest absolute Gasteiger partial charge is 0.497 e. The second-order valence-corrected chi connectivity index (χ2v) is 8.03. The van der Waals surface area contributed by atoms with Gasteiger partial charge in [-0.3, -0.25) is 0 Å². The van der Waals surface area contributed by atoms with E-state index in [0.717, 1.165) is 11.4 Å². The highest BCUT2D eigenvalue weighted by Crippen LogP contribution is 2.36. The number of rotatable bonds is 4. The summed E-state index contributed by atoms with van der Waals surface area (Å²) in [5.74, 6) is 0.995. The standard InChI is InChI=1S/C15H18N2O3S2/c1-3-7-16-13-9-22(18,19)10-14(13)17(15(16)21)11-5-4-6-12(8-11)20-2/h3-6,8,13-14H,1,7,9-10H2,2H3/t13-,14-/m0/s1. The van der Waals surface area contributed by atoms with Gasteiger partial charge in [-0.15, -0.1) is 6.58 Å². The Morgan fingerprint density at radius 3 is 2.82 bits per heavy atom. The van der Waals surface area contributed by atoms with Gasteiger partial charge < -0.3 is 14.5 Å². The summed E-state index contributed by atoms with van der Waals surface area (Å²) in [7, 11) is -1.44. The molecule has 118 valence electrons. The highest BCUT2D eigenvalue weighted by atomic mass is 32.2. The lowest BCUT2D eigenvalue weighted by Crippen LogP contribution is -2.37. The van der Waals surface area contributed by atoms with E-state index in [1.54, 1.807) is 13.2 Å². The van der Waals surface area contributed by atoms with Crippen molar-refractivity contribution in [2.75, 3.05) is 30.1 Å². The van der Waals surface area contributed by atoms with E-state index in [2.05, 4.69) is 6.58 Å². The number of hydrogen-bond acceptors (Lipinski definition) is 4. The van der Waals surface area contributed by atoms with Crippen LogP contribution >= 0.6 is 12.2 Å². The summed E-state index contributed by atoms with van der Waals surface area (Å²) < 4.78 is 29.4. The minimum Gasteiger partial charge on any atom is -0.497 e. The van der Waals surface area contributed by atoms with E-state index < -0.39 is 9.84 Å². The van der Waals surface area contributed by atoms with Crippen LogP contribution in [-0.2, 0) is 9.84 Å². The number of methoxy groups -OCH3 is 1. The van der Waals surface area contributed by atoms with Gasteiger partial charge in [0.1, 0.15) is 5.75 Å². The zero-order valence-electron chi connectivity index (χ0n) is 12.3. The van der Waals surface area contributed by atoms with Crippen LogP contribution in [0, 0.1) is 0 Å². The molecule has 2 atom stereocenters. The second-order valence-electron chi connectivity index (χ2n) is 5.51. The lowest BCUT2D eigenvalue weighted by atomic mass is 10.1. The van der Waals surface area contributed by atoms with Crippen molar-refractivity contribution >= 4 is 32.9 Å². The molecule has 0 bridgehead atoms. The van der Waals surface area contributed by atoms with Gasteiger partial charge in [0.15, 0.2) is 14.9 Å². The molecule has 2 saturated heterocycles. The molecule has 0 spiro atoms. The number of hydrogen-bond donors (Lipinski definition) is 0. The predicted molar refractivity (Wildman–Crippen MR) is 91.2 cm³/mol. The van der Waals surface area contributed by atoms with Crippen molar-refractivity contribution in [2.45, 2.75) is 12.1 Å². The number of thiocarbonyl (C=S) groups is 1. The second kappa shape index (κ2) is 5.55. The first-order valence-electron chi connectivity index (χ1n) is 7.02. The van der Waals surface area contributed by atoms with Crippen LogP contribution in [-0.4, -0.2) is 55.7 Å². The Bertz CT molecular complexity index is 717. The van der Waals surface area contributed by atoms with Crippen LogP contribution in [0.15, 0.2) is 36.9 Å². The summed E-state index contributed by atoms with van der Waals surface area (Å²) >= 11 is 5.59. The predicted octanol–water partition coefficient (Wildman–Crippen LogP) is 1.45. The fraction of sp³-hybridized carbons (Fsp3) is 0.400. The number of ether oxygens (including phenoxy) is 1. The summed E-state index contributed by atoms with van der Waals surface area (Å²) in [5, 5.41) is 0.651. The molecule has 0 radical (unpaired) electrons. The highest BCUT2D eigenvalue weighted by molar-refractivity contribution is 7.91. The summed E-state index contributed by atoms with van der Waals surface area (Å²) in [5.41, 5.74) is 0.864. The average Bonchev–Trinajstić information content (AvgIpc) is 2.91. The van der Waals surface area contributed by atoms with Gasteiger partial charge in [0.05, 0.1) is 30.7 Å². The lowest BCUT2D eigenvalue weighted by molar-refractivity contribution is 0.389. The van der Waals surface area contributed by atoms with Gasteiger partial charge in [-0.2, -0.15) is 0 Å². The van der Waals surface area contributed by atoms with Crippen LogP contribution in [0.4, 0.5) is 5.69 Å². The molecule has 2 aliphatic heterocycles. The molecule has 2 heterocycles. The third kappa shape index (κ3) is 2.48. The topological polar surface area (TPSA) is 49.9 Å². The molecule has 2 aliphatic rings. The highest BCUT2D eigenvalue weighted by Gasteiger charge is 2.51. The van der Waals surface area contributed by atoms with Crippen LogP contribution in [0.25, 0.3) is 0 Å². The Morgan fingerprint density at radius 2 is 2.14 bits per heavy atom. The quantitative estimate of drug-likeness (QED) is 0.612. The third-order valence-electron chi connectivity index (χ3n) is 4.13. The number of benzene rings is 1. The molecule has 0 N–H and O–H groups in total. The van der Waals surface area contributed by atoms with E-state index in [9.17, 15) is 8.42 Å². The Kier molecular flexibility index (Phi) is 3.86. The molecule has 0 aliphatic carbocycles. The summed E-state index contributed by atoms with van der Waals surface area (Å²) in [6.45, 7) is 4.30. The van der Waals surface area contributed by atoms with Gasteiger partial charge in [0.2, 0.25) is 0 Å². The maximum absolute atomic E-state index is 12.1. The molecule has 1 aromatic carbocycles. The van der Waals surface area contributed by atoms with E-state index >= 15 is 0 Å². The van der Waals surface area contributed by atoms with Crippen LogP contribution in [0.3, 0.4) is 0 Å². The molecular weight excluding hydrogens is 320 g/mol. The van der Waals surface area contributed by atoms with Gasteiger partial charge in [-0.1, -0.05) is 12.1 Å². The molecule has 0 unspecified atom stereocenters. The van der Waals surface area contributed by atoms with Gasteiger partial charge in [-0.25, -0.2) is 8.42 Å².